The summed E-state index contributed by atoms with van der Waals surface area (Å²) in [7, 11) is 0. The zero-order chi connectivity index (χ0) is 18.5. The van der Waals surface area contributed by atoms with E-state index in [-0.39, 0.29) is 25.0 Å². The first-order chi connectivity index (χ1) is 12.5. The number of carboxylic acids is 1. The Labute approximate surface area is 151 Å². The maximum absolute atomic E-state index is 12.6. The van der Waals surface area contributed by atoms with E-state index in [0.29, 0.717) is 13.0 Å². The zero-order valence-electron chi connectivity index (χ0n) is 14.5. The number of hydrogen-bond acceptors (Lipinski definition) is 4. The lowest BCUT2D eigenvalue weighted by Crippen LogP contribution is -2.40. The van der Waals surface area contributed by atoms with Crippen LogP contribution in [-0.4, -0.2) is 49.9 Å². The number of nitrogens with zero attached hydrogens (tertiary/aromatic N) is 3. The molecule has 26 heavy (non-hydrogen) atoms. The molecule has 0 spiro atoms. The van der Waals surface area contributed by atoms with Gasteiger partial charge < -0.3 is 15.1 Å². The third-order valence-corrected chi connectivity index (χ3v) is 4.71. The Morgan fingerprint density at radius 3 is 2.58 bits per heavy atom. The number of aromatic nitrogens is 2. The van der Waals surface area contributed by atoms with Gasteiger partial charge in [0.05, 0.1) is 18.7 Å². The number of aliphatic carboxylic acids is 1. The van der Waals surface area contributed by atoms with Gasteiger partial charge in [0.1, 0.15) is 6.54 Å². The minimum atomic E-state index is -0.924. The van der Waals surface area contributed by atoms with Crippen molar-refractivity contribution in [1.29, 1.82) is 0 Å². The Balaban J connectivity index is 1.60. The predicted octanol–water partition coefficient (Wildman–Crippen LogP) is 1.41. The van der Waals surface area contributed by atoms with E-state index in [4.69, 9.17) is 10.2 Å². The van der Waals surface area contributed by atoms with Gasteiger partial charge in [-0.1, -0.05) is 24.3 Å². The number of aliphatic hydroxyl groups is 1. The van der Waals surface area contributed by atoms with Crippen molar-refractivity contribution in [3.63, 3.8) is 0 Å². The molecule has 1 aromatic carbocycles. The lowest BCUT2D eigenvalue weighted by atomic mass is 9.94. The van der Waals surface area contributed by atoms with E-state index >= 15 is 0 Å². The molecule has 7 nitrogen and oxygen atoms in total. The first-order valence-electron chi connectivity index (χ1n) is 8.76. The van der Waals surface area contributed by atoms with E-state index in [0.717, 1.165) is 36.2 Å². The van der Waals surface area contributed by atoms with Crippen LogP contribution in [-0.2, 0) is 29.2 Å². The summed E-state index contributed by atoms with van der Waals surface area (Å²) < 4.78 is 1.42. The molecule has 0 aliphatic carbocycles. The van der Waals surface area contributed by atoms with Gasteiger partial charge in [0.15, 0.2) is 0 Å². The summed E-state index contributed by atoms with van der Waals surface area (Å²) in [5.41, 5.74) is 2.60. The van der Waals surface area contributed by atoms with E-state index < -0.39 is 5.97 Å². The average Bonchev–Trinajstić information content (AvgIpc) is 3.10. The first-order valence-corrected chi connectivity index (χ1v) is 8.76. The van der Waals surface area contributed by atoms with Crippen molar-refractivity contribution in [2.24, 2.45) is 0 Å². The molecule has 138 valence electrons. The molecule has 2 aromatic rings. The van der Waals surface area contributed by atoms with Crippen LogP contribution >= 0.6 is 0 Å². The van der Waals surface area contributed by atoms with E-state index in [1.165, 1.54) is 4.68 Å². The van der Waals surface area contributed by atoms with Crippen LogP contribution in [0.2, 0.25) is 0 Å². The van der Waals surface area contributed by atoms with E-state index in [9.17, 15) is 9.59 Å². The van der Waals surface area contributed by atoms with Crippen LogP contribution in [0.5, 0.6) is 0 Å². The Morgan fingerprint density at radius 1 is 1.15 bits per heavy atom. The summed E-state index contributed by atoms with van der Waals surface area (Å²) in [6.07, 6.45) is 3.86. The molecule has 0 bridgehead atoms. The molecule has 1 amide bonds. The van der Waals surface area contributed by atoms with Gasteiger partial charge in [-0.15, -0.1) is 0 Å². The van der Waals surface area contributed by atoms with E-state index in [2.05, 4.69) is 5.10 Å². The summed E-state index contributed by atoms with van der Waals surface area (Å²) in [4.78, 5) is 25.3. The fourth-order valence-electron chi connectivity index (χ4n) is 3.32. The number of carboxylic acid groups (broad SMARTS) is 1. The van der Waals surface area contributed by atoms with Crippen LogP contribution in [0.3, 0.4) is 0 Å². The molecule has 1 fully saturated rings. The smallest absolute Gasteiger partial charge is 0.325 e. The van der Waals surface area contributed by atoms with Crippen LogP contribution in [0, 0.1) is 0 Å². The van der Waals surface area contributed by atoms with Gasteiger partial charge in [-0.25, -0.2) is 0 Å². The van der Waals surface area contributed by atoms with Gasteiger partial charge >= 0.3 is 5.97 Å². The number of rotatable bonds is 6. The lowest BCUT2D eigenvalue weighted by molar-refractivity contribution is -0.138. The van der Waals surface area contributed by atoms with Crippen molar-refractivity contribution in [2.75, 3.05) is 13.1 Å². The minimum Gasteiger partial charge on any atom is -0.480 e. The number of benzene rings is 1. The van der Waals surface area contributed by atoms with Crippen molar-refractivity contribution < 1.29 is 19.8 Å². The quantitative estimate of drug-likeness (QED) is 0.815. The van der Waals surface area contributed by atoms with Crippen molar-refractivity contribution in [3.05, 3.63) is 53.3 Å². The third-order valence-electron chi connectivity index (χ3n) is 4.71. The predicted molar refractivity (Wildman–Crippen MR) is 94.5 cm³/mol. The molecule has 2 N–H and O–H groups in total. The first kappa shape index (κ1) is 18.1. The van der Waals surface area contributed by atoms with Crippen molar-refractivity contribution in [3.8, 4) is 0 Å². The highest BCUT2D eigenvalue weighted by atomic mass is 16.4. The SMILES string of the molecule is O=C(O)Cn1ccc(C2CCCN(C(=O)Cc3ccc(CO)cc3)C2)n1. The van der Waals surface area contributed by atoms with Gasteiger partial charge in [-0.3, -0.25) is 14.3 Å². The minimum absolute atomic E-state index is 0.00342. The molecule has 0 radical (unpaired) electrons. The number of aliphatic hydroxyl groups excluding tert-OH is 1. The molecule has 1 aliphatic heterocycles. The highest BCUT2D eigenvalue weighted by Gasteiger charge is 2.26. The largest absolute Gasteiger partial charge is 0.480 e. The number of hydrogen-bond donors (Lipinski definition) is 2. The second-order valence-electron chi connectivity index (χ2n) is 6.66. The van der Waals surface area contributed by atoms with Crippen molar-refractivity contribution >= 4 is 11.9 Å². The zero-order valence-corrected chi connectivity index (χ0v) is 14.5. The lowest BCUT2D eigenvalue weighted by Gasteiger charge is -2.32. The average molecular weight is 357 g/mol. The molecule has 1 saturated heterocycles. The van der Waals surface area contributed by atoms with E-state index in [1.54, 1.807) is 6.20 Å². The number of amides is 1. The Hall–Kier alpha value is -2.67. The maximum Gasteiger partial charge on any atom is 0.325 e. The van der Waals surface area contributed by atoms with Crippen molar-refractivity contribution in [2.45, 2.75) is 38.3 Å². The molecule has 1 aliphatic rings. The molecule has 7 heteroatoms. The molecule has 1 aromatic heterocycles. The summed E-state index contributed by atoms with van der Waals surface area (Å²) >= 11 is 0. The van der Waals surface area contributed by atoms with Gasteiger partial charge in [0.25, 0.3) is 0 Å². The van der Waals surface area contributed by atoms with Crippen LogP contribution in [0.15, 0.2) is 36.5 Å². The Bertz CT molecular complexity index is 769. The monoisotopic (exact) mass is 357 g/mol. The molecular weight excluding hydrogens is 334 g/mol. The summed E-state index contributed by atoms with van der Waals surface area (Å²) in [5, 5.41) is 22.3. The van der Waals surface area contributed by atoms with Crippen LogP contribution in [0.25, 0.3) is 0 Å². The van der Waals surface area contributed by atoms with Gasteiger partial charge in [-0.05, 0) is 30.0 Å². The van der Waals surface area contributed by atoms with Gasteiger partial charge in [0.2, 0.25) is 5.91 Å². The van der Waals surface area contributed by atoms with Gasteiger partial charge in [-0.2, -0.15) is 5.10 Å². The summed E-state index contributed by atoms with van der Waals surface area (Å²) in [6.45, 7) is 1.19. The van der Waals surface area contributed by atoms with Crippen LogP contribution < -0.4 is 0 Å². The summed E-state index contributed by atoms with van der Waals surface area (Å²) in [5.74, 6) is -0.705. The fourth-order valence-corrected chi connectivity index (χ4v) is 3.32. The normalized spacial score (nSPS) is 17.3. The molecule has 0 saturated carbocycles. The topological polar surface area (TPSA) is 95.7 Å². The second kappa shape index (κ2) is 8.14. The van der Waals surface area contributed by atoms with Crippen LogP contribution in [0.4, 0.5) is 0 Å². The fraction of sp³-hybridized carbons (Fsp3) is 0.421. The number of carbonyl (C=O) groups is 2. The standard InChI is InChI=1S/C19H23N3O4/c23-13-15-5-3-14(4-6-15)10-18(24)21-8-1-2-16(11-21)17-7-9-22(20-17)12-19(25)26/h3-7,9,16,23H,1-2,8,10-13H2,(H,25,26). The molecule has 1 atom stereocenters. The Morgan fingerprint density at radius 2 is 1.88 bits per heavy atom. The van der Waals surface area contributed by atoms with Crippen LogP contribution in [0.1, 0.15) is 35.6 Å². The molecule has 1 unspecified atom stereocenters. The molecular formula is C19H23N3O4. The maximum atomic E-state index is 12.6. The number of piperidine rings is 1. The van der Waals surface area contributed by atoms with Gasteiger partial charge in [0, 0.05) is 25.2 Å². The highest BCUT2D eigenvalue weighted by molar-refractivity contribution is 5.79. The highest BCUT2D eigenvalue weighted by Crippen LogP contribution is 2.26. The van der Waals surface area contributed by atoms with Crippen molar-refractivity contribution in [1.82, 2.24) is 14.7 Å². The molecule has 3 rings (SSSR count). The second-order valence-corrected chi connectivity index (χ2v) is 6.66. The molecule has 2 heterocycles. The number of carbonyl (C=O) groups excluding carboxylic acids is 1. The Kier molecular flexibility index (Phi) is 5.68. The third kappa shape index (κ3) is 4.49. The summed E-state index contributed by atoms with van der Waals surface area (Å²) in [6, 6.07) is 9.25. The number of likely N-dealkylation sites (tertiary alicyclic amines) is 1. The van der Waals surface area contributed by atoms with E-state index in [1.807, 2.05) is 35.2 Å².